The van der Waals surface area contributed by atoms with E-state index in [2.05, 4.69) is 49.3 Å². The van der Waals surface area contributed by atoms with Crippen molar-refractivity contribution in [2.75, 3.05) is 6.54 Å². The van der Waals surface area contributed by atoms with Gasteiger partial charge in [0, 0.05) is 23.2 Å². The maximum atomic E-state index is 13.1. The monoisotopic (exact) mass is 404 g/mol. The molecule has 0 fully saturated rings. The van der Waals surface area contributed by atoms with Crippen molar-refractivity contribution < 1.29 is 4.79 Å². The number of nitrogens with one attached hydrogen (secondary N) is 1. The molecule has 29 heavy (non-hydrogen) atoms. The van der Waals surface area contributed by atoms with Crippen molar-refractivity contribution in [2.45, 2.75) is 27.3 Å². The molecule has 0 aliphatic heterocycles. The quantitative estimate of drug-likeness (QED) is 0.510. The molecule has 148 valence electrons. The zero-order valence-corrected chi connectivity index (χ0v) is 17.7. The van der Waals surface area contributed by atoms with Gasteiger partial charge in [-0.3, -0.25) is 4.79 Å². The topological polar surface area (TPSA) is 59.8 Å². The number of thiophene rings is 1. The van der Waals surface area contributed by atoms with Crippen LogP contribution in [-0.4, -0.2) is 27.2 Å². The lowest BCUT2D eigenvalue weighted by molar-refractivity contribution is 0.0935. The Kier molecular flexibility index (Phi) is 5.20. The molecule has 6 heteroatoms. The fourth-order valence-electron chi connectivity index (χ4n) is 3.19. The van der Waals surface area contributed by atoms with Crippen LogP contribution in [-0.2, 0) is 6.54 Å². The van der Waals surface area contributed by atoms with Crippen LogP contribution < -0.4 is 5.32 Å². The minimum absolute atomic E-state index is 0.00704. The third-order valence-corrected chi connectivity index (χ3v) is 5.49. The summed E-state index contributed by atoms with van der Waals surface area (Å²) in [6.07, 6.45) is 1.79. The van der Waals surface area contributed by atoms with E-state index < -0.39 is 0 Å². The average Bonchev–Trinajstić information content (AvgIpc) is 3.35. The third kappa shape index (κ3) is 4.22. The lowest BCUT2D eigenvalue weighted by Crippen LogP contribution is -2.32. The molecular formula is C23H24N4OS. The molecule has 0 aliphatic rings. The fraction of sp³-hybridized carbons (Fsp3) is 0.261. The molecule has 0 unspecified atom stereocenters. The molecule has 0 atom stereocenters. The Morgan fingerprint density at radius 3 is 2.59 bits per heavy atom. The third-order valence-electron chi connectivity index (χ3n) is 4.59. The number of carbonyl (C=O) groups is 1. The van der Waals surface area contributed by atoms with E-state index in [0.717, 1.165) is 27.0 Å². The van der Waals surface area contributed by atoms with E-state index >= 15 is 0 Å². The summed E-state index contributed by atoms with van der Waals surface area (Å²) < 4.78 is 1.83. The van der Waals surface area contributed by atoms with Gasteiger partial charge in [-0.2, -0.15) is 5.10 Å². The first-order valence-corrected chi connectivity index (χ1v) is 10.5. The fourth-order valence-corrected chi connectivity index (χ4v) is 3.95. The van der Waals surface area contributed by atoms with Crippen molar-refractivity contribution in [3.05, 3.63) is 71.4 Å². The first kappa shape index (κ1) is 19.3. The van der Waals surface area contributed by atoms with Crippen molar-refractivity contribution in [3.63, 3.8) is 0 Å². The summed E-state index contributed by atoms with van der Waals surface area (Å²) in [5, 5.41) is 10.6. The van der Waals surface area contributed by atoms with Gasteiger partial charge in [-0.15, -0.1) is 11.3 Å². The lowest BCUT2D eigenvalue weighted by atomic mass is 9.97. The van der Waals surface area contributed by atoms with Crippen LogP contribution in [0.1, 0.15) is 36.8 Å². The molecule has 3 aromatic heterocycles. The maximum absolute atomic E-state index is 13.1. The zero-order valence-electron chi connectivity index (χ0n) is 16.8. The van der Waals surface area contributed by atoms with E-state index in [1.807, 2.05) is 40.4 Å². The molecule has 0 saturated heterocycles. The Hall–Kier alpha value is -2.99. The lowest BCUT2D eigenvalue weighted by Gasteiger charge is -2.18. The molecule has 4 aromatic rings. The minimum atomic E-state index is -0.164. The van der Waals surface area contributed by atoms with Crippen LogP contribution in [0, 0.1) is 5.41 Å². The molecule has 0 bridgehead atoms. The number of nitrogens with zero attached hydrogens (tertiary/aromatic N) is 3. The molecule has 1 amide bonds. The molecular weight excluding hydrogens is 380 g/mol. The molecule has 3 heterocycles. The number of carbonyl (C=O) groups excluding carboxylic acids is 1. The second kappa shape index (κ2) is 7.79. The van der Waals surface area contributed by atoms with Crippen LogP contribution in [0.5, 0.6) is 0 Å². The van der Waals surface area contributed by atoms with E-state index in [9.17, 15) is 4.79 Å². The first-order chi connectivity index (χ1) is 13.9. The second-order valence-electron chi connectivity index (χ2n) is 8.27. The van der Waals surface area contributed by atoms with Gasteiger partial charge in [0.05, 0.1) is 11.9 Å². The van der Waals surface area contributed by atoms with Crippen LogP contribution in [0.2, 0.25) is 0 Å². The Morgan fingerprint density at radius 2 is 1.90 bits per heavy atom. The molecule has 5 nitrogen and oxygen atoms in total. The summed E-state index contributed by atoms with van der Waals surface area (Å²) in [4.78, 5) is 18.8. The highest BCUT2D eigenvalue weighted by atomic mass is 32.1. The van der Waals surface area contributed by atoms with Crippen molar-refractivity contribution >= 4 is 28.3 Å². The van der Waals surface area contributed by atoms with Crippen molar-refractivity contribution in [3.8, 4) is 10.4 Å². The highest BCUT2D eigenvalue weighted by Crippen LogP contribution is 2.33. The standard InChI is InChI=1S/C23H24N4OS/c1-23(2,3)15-25-22(28)20-19-17(18-10-7-13-29-18)11-12-24-21(19)27(26-20)14-16-8-5-4-6-9-16/h4-13H,14-15H2,1-3H3,(H,25,28). The summed E-state index contributed by atoms with van der Waals surface area (Å²) in [6.45, 7) is 7.42. The first-order valence-electron chi connectivity index (χ1n) is 9.64. The number of pyridine rings is 1. The number of hydrogen-bond donors (Lipinski definition) is 1. The molecule has 0 aliphatic carbocycles. The van der Waals surface area contributed by atoms with E-state index in [1.54, 1.807) is 17.5 Å². The van der Waals surface area contributed by atoms with Gasteiger partial charge in [-0.25, -0.2) is 9.67 Å². The van der Waals surface area contributed by atoms with Crippen LogP contribution in [0.3, 0.4) is 0 Å². The number of benzene rings is 1. The predicted octanol–water partition coefficient (Wildman–Crippen LogP) is 4.98. The maximum Gasteiger partial charge on any atom is 0.272 e. The van der Waals surface area contributed by atoms with Gasteiger partial charge in [0.2, 0.25) is 0 Å². The number of fused-ring (bicyclic) bond motifs is 1. The van der Waals surface area contributed by atoms with E-state index in [0.29, 0.717) is 18.8 Å². The smallest absolute Gasteiger partial charge is 0.272 e. The van der Waals surface area contributed by atoms with Gasteiger partial charge in [0.1, 0.15) is 0 Å². The van der Waals surface area contributed by atoms with Crippen molar-refractivity contribution in [1.82, 2.24) is 20.1 Å². The molecule has 0 radical (unpaired) electrons. The zero-order chi connectivity index (χ0) is 20.4. The van der Waals surface area contributed by atoms with Gasteiger partial charge in [0.15, 0.2) is 11.3 Å². The number of rotatable bonds is 5. The SMILES string of the molecule is CC(C)(C)CNC(=O)c1nn(Cc2ccccc2)c2nccc(-c3cccs3)c12. The summed E-state index contributed by atoms with van der Waals surface area (Å²) in [5.74, 6) is -0.164. The number of amides is 1. The summed E-state index contributed by atoms with van der Waals surface area (Å²) >= 11 is 1.65. The Labute approximate surface area is 174 Å². The van der Waals surface area contributed by atoms with E-state index in [-0.39, 0.29) is 11.3 Å². The Morgan fingerprint density at radius 1 is 1.10 bits per heavy atom. The summed E-state index contributed by atoms with van der Waals surface area (Å²) in [7, 11) is 0. The van der Waals surface area contributed by atoms with Crippen LogP contribution in [0.15, 0.2) is 60.1 Å². The largest absolute Gasteiger partial charge is 0.350 e. The minimum Gasteiger partial charge on any atom is -0.350 e. The van der Waals surface area contributed by atoms with Crippen LogP contribution in [0.25, 0.3) is 21.5 Å². The molecule has 4 rings (SSSR count). The van der Waals surface area contributed by atoms with Gasteiger partial charge in [0.25, 0.3) is 5.91 Å². The Balaban J connectivity index is 1.83. The van der Waals surface area contributed by atoms with E-state index in [4.69, 9.17) is 5.10 Å². The van der Waals surface area contributed by atoms with Crippen molar-refractivity contribution in [2.24, 2.45) is 5.41 Å². The number of hydrogen-bond acceptors (Lipinski definition) is 4. The van der Waals surface area contributed by atoms with E-state index in [1.165, 1.54) is 0 Å². The number of aromatic nitrogens is 3. The normalized spacial score (nSPS) is 11.7. The Bertz CT molecular complexity index is 1130. The molecule has 1 aromatic carbocycles. The van der Waals surface area contributed by atoms with Crippen LogP contribution >= 0.6 is 11.3 Å². The van der Waals surface area contributed by atoms with Gasteiger partial charge >= 0.3 is 0 Å². The van der Waals surface area contributed by atoms with Crippen LogP contribution in [0.4, 0.5) is 0 Å². The summed E-state index contributed by atoms with van der Waals surface area (Å²) in [5.41, 5.74) is 3.25. The second-order valence-corrected chi connectivity index (χ2v) is 9.22. The highest BCUT2D eigenvalue weighted by Gasteiger charge is 2.23. The summed E-state index contributed by atoms with van der Waals surface area (Å²) in [6, 6.07) is 16.1. The highest BCUT2D eigenvalue weighted by molar-refractivity contribution is 7.13. The van der Waals surface area contributed by atoms with Gasteiger partial charge < -0.3 is 5.32 Å². The van der Waals surface area contributed by atoms with Crippen molar-refractivity contribution in [1.29, 1.82) is 0 Å². The molecule has 0 spiro atoms. The molecule has 0 saturated carbocycles. The van der Waals surface area contributed by atoms with Gasteiger partial charge in [-0.05, 0) is 28.5 Å². The molecule has 1 N–H and O–H groups in total. The predicted molar refractivity (Wildman–Crippen MR) is 118 cm³/mol. The average molecular weight is 405 g/mol. The van der Waals surface area contributed by atoms with Gasteiger partial charge in [-0.1, -0.05) is 57.2 Å².